The minimum atomic E-state index is 0.179. The van der Waals surface area contributed by atoms with Gasteiger partial charge < -0.3 is 5.73 Å². The van der Waals surface area contributed by atoms with E-state index in [4.69, 9.17) is 5.73 Å². The predicted octanol–water partition coefficient (Wildman–Crippen LogP) is 2.69. The van der Waals surface area contributed by atoms with Gasteiger partial charge in [0.05, 0.1) is 0 Å². The van der Waals surface area contributed by atoms with Crippen LogP contribution < -0.4 is 5.73 Å². The van der Waals surface area contributed by atoms with E-state index in [-0.39, 0.29) is 5.54 Å². The first-order valence-electron chi connectivity index (χ1n) is 4.70. The first-order valence-corrected chi connectivity index (χ1v) is 4.70. The second kappa shape index (κ2) is 2.78. The Morgan fingerprint density at radius 1 is 1.18 bits per heavy atom. The Balaban J connectivity index is 2.46. The van der Waals surface area contributed by atoms with Crippen molar-refractivity contribution in [2.24, 2.45) is 11.1 Å². The fourth-order valence-electron chi connectivity index (χ4n) is 2.31. The molecule has 1 rings (SSSR count). The zero-order chi connectivity index (χ0) is 8.54. The molecule has 1 saturated carbocycles. The molecular formula is C10H21N. The van der Waals surface area contributed by atoms with Gasteiger partial charge in [0.1, 0.15) is 0 Å². The summed E-state index contributed by atoms with van der Waals surface area (Å²) in [6.45, 7) is 6.83. The van der Waals surface area contributed by atoms with Crippen LogP contribution in [-0.4, -0.2) is 5.54 Å². The van der Waals surface area contributed by atoms with E-state index in [9.17, 15) is 0 Å². The van der Waals surface area contributed by atoms with Crippen LogP contribution in [0, 0.1) is 5.41 Å². The molecule has 0 aromatic rings. The minimum absolute atomic E-state index is 0.179. The quantitative estimate of drug-likeness (QED) is 0.619. The van der Waals surface area contributed by atoms with Crippen LogP contribution in [0.5, 0.6) is 0 Å². The normalized spacial score (nSPS) is 24.0. The standard InChI is InChI=1S/C10H21N/c1-9(2,3)8-10(11)6-4-5-7-10/h4-8,11H2,1-3H3. The van der Waals surface area contributed by atoms with E-state index in [1.54, 1.807) is 0 Å². The summed E-state index contributed by atoms with van der Waals surface area (Å²) in [4.78, 5) is 0. The fraction of sp³-hybridized carbons (Fsp3) is 1.00. The van der Waals surface area contributed by atoms with Gasteiger partial charge in [0, 0.05) is 5.54 Å². The summed E-state index contributed by atoms with van der Waals surface area (Å²) in [7, 11) is 0. The molecule has 0 aromatic heterocycles. The lowest BCUT2D eigenvalue weighted by Gasteiger charge is -2.31. The lowest BCUT2D eigenvalue weighted by Crippen LogP contribution is -2.40. The van der Waals surface area contributed by atoms with Crippen LogP contribution >= 0.6 is 0 Å². The van der Waals surface area contributed by atoms with E-state index >= 15 is 0 Å². The second-order valence-electron chi connectivity index (χ2n) is 5.31. The summed E-state index contributed by atoms with van der Waals surface area (Å²) in [5.74, 6) is 0. The largest absolute Gasteiger partial charge is 0.325 e. The molecule has 0 unspecified atom stereocenters. The number of hydrogen-bond acceptors (Lipinski definition) is 1. The smallest absolute Gasteiger partial charge is 0.0159 e. The van der Waals surface area contributed by atoms with E-state index in [1.165, 1.54) is 32.1 Å². The van der Waals surface area contributed by atoms with Crippen molar-refractivity contribution in [1.82, 2.24) is 0 Å². The van der Waals surface area contributed by atoms with Gasteiger partial charge in [0.15, 0.2) is 0 Å². The molecule has 0 heterocycles. The monoisotopic (exact) mass is 155 g/mol. The van der Waals surface area contributed by atoms with Crippen LogP contribution in [-0.2, 0) is 0 Å². The molecule has 0 spiro atoms. The lowest BCUT2D eigenvalue weighted by molar-refractivity contribution is 0.258. The Morgan fingerprint density at radius 2 is 1.64 bits per heavy atom. The van der Waals surface area contributed by atoms with Crippen molar-refractivity contribution in [2.75, 3.05) is 0 Å². The van der Waals surface area contributed by atoms with Crippen molar-refractivity contribution in [3.05, 3.63) is 0 Å². The van der Waals surface area contributed by atoms with Crippen molar-refractivity contribution in [3.63, 3.8) is 0 Å². The minimum Gasteiger partial charge on any atom is -0.325 e. The van der Waals surface area contributed by atoms with Crippen molar-refractivity contribution in [2.45, 2.75) is 58.4 Å². The third-order valence-electron chi connectivity index (χ3n) is 2.48. The summed E-state index contributed by atoms with van der Waals surface area (Å²) < 4.78 is 0. The van der Waals surface area contributed by atoms with Crippen LogP contribution in [0.2, 0.25) is 0 Å². The summed E-state index contributed by atoms with van der Waals surface area (Å²) in [6, 6.07) is 0. The average molecular weight is 155 g/mol. The Labute approximate surface area is 70.4 Å². The van der Waals surface area contributed by atoms with Gasteiger partial charge in [-0.15, -0.1) is 0 Å². The molecule has 11 heavy (non-hydrogen) atoms. The van der Waals surface area contributed by atoms with Crippen LogP contribution in [0.15, 0.2) is 0 Å². The highest BCUT2D eigenvalue weighted by Gasteiger charge is 2.33. The van der Waals surface area contributed by atoms with Gasteiger partial charge in [0.2, 0.25) is 0 Å². The molecule has 1 heteroatoms. The van der Waals surface area contributed by atoms with Crippen molar-refractivity contribution in [3.8, 4) is 0 Å². The number of hydrogen-bond donors (Lipinski definition) is 1. The second-order valence-corrected chi connectivity index (χ2v) is 5.31. The lowest BCUT2D eigenvalue weighted by atomic mass is 9.79. The first kappa shape index (κ1) is 9.05. The predicted molar refractivity (Wildman–Crippen MR) is 49.5 cm³/mol. The highest BCUT2D eigenvalue weighted by atomic mass is 14.8. The van der Waals surface area contributed by atoms with Crippen LogP contribution in [0.4, 0.5) is 0 Å². The Hall–Kier alpha value is -0.0400. The van der Waals surface area contributed by atoms with E-state index in [1.807, 2.05) is 0 Å². The molecule has 1 aliphatic carbocycles. The Kier molecular flexibility index (Phi) is 2.29. The summed E-state index contributed by atoms with van der Waals surface area (Å²) in [5, 5.41) is 0. The zero-order valence-corrected chi connectivity index (χ0v) is 8.11. The topological polar surface area (TPSA) is 26.0 Å². The van der Waals surface area contributed by atoms with E-state index in [0.717, 1.165) is 0 Å². The van der Waals surface area contributed by atoms with E-state index < -0.39 is 0 Å². The maximum absolute atomic E-state index is 6.25. The summed E-state index contributed by atoms with van der Waals surface area (Å²) in [5.41, 5.74) is 6.83. The highest BCUT2D eigenvalue weighted by Crippen LogP contribution is 2.36. The van der Waals surface area contributed by atoms with Crippen LogP contribution in [0.3, 0.4) is 0 Å². The van der Waals surface area contributed by atoms with Crippen molar-refractivity contribution >= 4 is 0 Å². The Morgan fingerprint density at radius 3 is 2.00 bits per heavy atom. The van der Waals surface area contributed by atoms with E-state index in [2.05, 4.69) is 20.8 Å². The molecule has 1 nitrogen and oxygen atoms in total. The van der Waals surface area contributed by atoms with Gasteiger partial charge in [-0.2, -0.15) is 0 Å². The number of nitrogens with two attached hydrogens (primary N) is 1. The molecule has 1 fully saturated rings. The number of rotatable bonds is 1. The molecule has 1 aliphatic rings. The summed E-state index contributed by atoms with van der Waals surface area (Å²) >= 11 is 0. The molecule has 0 saturated heterocycles. The van der Waals surface area contributed by atoms with Crippen molar-refractivity contribution < 1.29 is 0 Å². The molecule has 0 amide bonds. The van der Waals surface area contributed by atoms with Gasteiger partial charge in [-0.3, -0.25) is 0 Å². The maximum Gasteiger partial charge on any atom is 0.0159 e. The fourth-order valence-corrected chi connectivity index (χ4v) is 2.31. The van der Waals surface area contributed by atoms with Gasteiger partial charge in [0.25, 0.3) is 0 Å². The first-order chi connectivity index (χ1) is 4.91. The van der Waals surface area contributed by atoms with Gasteiger partial charge in [-0.1, -0.05) is 33.6 Å². The molecule has 0 radical (unpaired) electrons. The van der Waals surface area contributed by atoms with Crippen LogP contribution in [0.1, 0.15) is 52.9 Å². The SMILES string of the molecule is CC(C)(C)CC1(N)CCCC1. The molecular weight excluding hydrogens is 134 g/mol. The molecule has 0 aliphatic heterocycles. The third-order valence-corrected chi connectivity index (χ3v) is 2.48. The van der Waals surface area contributed by atoms with Gasteiger partial charge >= 0.3 is 0 Å². The molecule has 0 atom stereocenters. The molecule has 0 bridgehead atoms. The van der Waals surface area contributed by atoms with Crippen molar-refractivity contribution in [1.29, 1.82) is 0 Å². The van der Waals surface area contributed by atoms with Crippen LogP contribution in [0.25, 0.3) is 0 Å². The van der Waals surface area contributed by atoms with E-state index in [0.29, 0.717) is 5.41 Å². The zero-order valence-electron chi connectivity index (χ0n) is 8.11. The molecule has 0 aromatic carbocycles. The van der Waals surface area contributed by atoms with Gasteiger partial charge in [-0.05, 0) is 24.7 Å². The third kappa shape index (κ3) is 2.82. The highest BCUT2D eigenvalue weighted by molar-refractivity contribution is 4.92. The summed E-state index contributed by atoms with van der Waals surface area (Å²) in [6.07, 6.45) is 6.34. The Bertz CT molecular complexity index is 126. The molecule has 2 N–H and O–H groups in total. The maximum atomic E-state index is 6.25. The average Bonchev–Trinajstić information content (AvgIpc) is 2.09. The van der Waals surface area contributed by atoms with Gasteiger partial charge in [-0.25, -0.2) is 0 Å². The molecule has 66 valence electrons.